The van der Waals surface area contributed by atoms with Crippen molar-refractivity contribution in [2.45, 2.75) is 26.2 Å². The van der Waals surface area contributed by atoms with Crippen LogP contribution < -0.4 is 0 Å². The third-order valence-electron chi connectivity index (χ3n) is 3.73. The van der Waals surface area contributed by atoms with Gasteiger partial charge in [-0.2, -0.15) is 0 Å². The molecule has 3 rings (SSSR count). The van der Waals surface area contributed by atoms with Gasteiger partial charge >= 0.3 is 5.97 Å². The minimum atomic E-state index is -0.418. The molecule has 0 bridgehead atoms. The van der Waals surface area contributed by atoms with Crippen LogP contribution in [-0.4, -0.2) is 27.7 Å². The van der Waals surface area contributed by atoms with Gasteiger partial charge in [0.1, 0.15) is 5.82 Å². The Morgan fingerprint density at radius 2 is 2.21 bits per heavy atom. The summed E-state index contributed by atoms with van der Waals surface area (Å²) < 4.78 is 6.52. The molecule has 0 aliphatic heterocycles. The van der Waals surface area contributed by atoms with Crippen molar-refractivity contribution in [1.29, 1.82) is 0 Å². The summed E-state index contributed by atoms with van der Waals surface area (Å²) in [6, 6.07) is 1.55. The third-order valence-corrected chi connectivity index (χ3v) is 4.01. The van der Waals surface area contributed by atoms with Gasteiger partial charge in [-0.25, -0.2) is 4.79 Å². The van der Waals surface area contributed by atoms with Crippen molar-refractivity contribution in [2.75, 3.05) is 7.11 Å². The number of hydrogen-bond donors (Lipinski definition) is 0. The molecule has 0 amide bonds. The highest BCUT2D eigenvalue weighted by atomic mass is 35.5. The number of rotatable bonds is 2. The van der Waals surface area contributed by atoms with E-state index in [1.54, 1.807) is 16.7 Å². The van der Waals surface area contributed by atoms with Gasteiger partial charge in [-0.05, 0) is 17.9 Å². The average molecular weight is 280 g/mol. The number of methoxy groups -OCH3 is 1. The lowest BCUT2D eigenvalue weighted by atomic mass is 10.1. The van der Waals surface area contributed by atoms with E-state index in [0.29, 0.717) is 22.2 Å². The van der Waals surface area contributed by atoms with Crippen molar-refractivity contribution < 1.29 is 9.53 Å². The summed E-state index contributed by atoms with van der Waals surface area (Å²) in [7, 11) is 1.34. The fourth-order valence-electron chi connectivity index (χ4n) is 2.35. The van der Waals surface area contributed by atoms with Crippen LogP contribution in [0.15, 0.2) is 12.3 Å². The molecular formula is C13H14ClN3O2. The summed E-state index contributed by atoms with van der Waals surface area (Å²) in [5, 5.41) is 8.72. The summed E-state index contributed by atoms with van der Waals surface area (Å²) in [5.41, 5.74) is 1.21. The second kappa shape index (κ2) is 3.93. The Hall–Kier alpha value is -1.62. The van der Waals surface area contributed by atoms with Gasteiger partial charge in [0.2, 0.25) is 0 Å². The van der Waals surface area contributed by atoms with E-state index in [4.69, 9.17) is 16.3 Å². The number of ether oxygens (including phenoxy) is 1. The zero-order valence-corrected chi connectivity index (χ0v) is 11.7. The van der Waals surface area contributed by atoms with Gasteiger partial charge in [-0.1, -0.05) is 25.4 Å². The van der Waals surface area contributed by atoms with Crippen molar-refractivity contribution in [2.24, 2.45) is 5.41 Å². The van der Waals surface area contributed by atoms with E-state index in [1.165, 1.54) is 7.11 Å². The van der Waals surface area contributed by atoms with Gasteiger partial charge in [-0.3, -0.25) is 4.40 Å². The highest BCUT2D eigenvalue weighted by Gasteiger charge is 2.49. The molecule has 1 aliphatic carbocycles. The zero-order chi connectivity index (χ0) is 13.8. The number of carbonyl (C=O) groups is 1. The Morgan fingerprint density at radius 3 is 2.79 bits per heavy atom. The molecule has 0 N–H and O–H groups in total. The first kappa shape index (κ1) is 12.4. The average Bonchev–Trinajstić information content (AvgIpc) is 2.82. The van der Waals surface area contributed by atoms with Gasteiger partial charge in [0.05, 0.1) is 17.7 Å². The maximum absolute atomic E-state index is 11.6. The number of aromatic nitrogens is 3. The molecule has 1 unspecified atom stereocenters. The van der Waals surface area contributed by atoms with E-state index in [1.807, 2.05) is 0 Å². The summed E-state index contributed by atoms with van der Waals surface area (Å²) in [4.78, 5) is 11.6. The van der Waals surface area contributed by atoms with Gasteiger partial charge in [-0.15, -0.1) is 10.2 Å². The molecule has 2 aromatic heterocycles. The van der Waals surface area contributed by atoms with Crippen LogP contribution >= 0.6 is 11.6 Å². The summed E-state index contributed by atoms with van der Waals surface area (Å²) in [6.07, 6.45) is 2.75. The molecule has 0 radical (unpaired) electrons. The summed E-state index contributed by atoms with van der Waals surface area (Å²) in [6.45, 7) is 4.37. The smallest absolute Gasteiger partial charge is 0.339 e. The molecule has 0 aromatic carbocycles. The number of carbonyl (C=O) groups excluding carboxylic acids is 1. The van der Waals surface area contributed by atoms with Crippen molar-refractivity contribution in [1.82, 2.24) is 14.6 Å². The number of esters is 1. The van der Waals surface area contributed by atoms with Crippen LogP contribution in [-0.2, 0) is 4.74 Å². The molecule has 2 aromatic rings. The van der Waals surface area contributed by atoms with Crippen LogP contribution in [0.3, 0.4) is 0 Å². The quantitative estimate of drug-likeness (QED) is 0.793. The molecule has 1 fully saturated rings. The topological polar surface area (TPSA) is 56.5 Å². The van der Waals surface area contributed by atoms with E-state index < -0.39 is 5.97 Å². The molecule has 19 heavy (non-hydrogen) atoms. The molecular weight excluding hydrogens is 266 g/mol. The molecule has 5 nitrogen and oxygen atoms in total. The van der Waals surface area contributed by atoms with E-state index in [-0.39, 0.29) is 5.41 Å². The van der Waals surface area contributed by atoms with Crippen LogP contribution in [0.1, 0.15) is 42.4 Å². The lowest BCUT2D eigenvalue weighted by Crippen LogP contribution is -2.05. The lowest BCUT2D eigenvalue weighted by molar-refractivity contribution is 0.0600. The first-order valence-corrected chi connectivity index (χ1v) is 6.44. The Morgan fingerprint density at radius 1 is 1.53 bits per heavy atom. The first-order chi connectivity index (χ1) is 8.94. The minimum absolute atomic E-state index is 0.233. The number of hydrogen-bond acceptors (Lipinski definition) is 4. The first-order valence-electron chi connectivity index (χ1n) is 6.06. The normalized spacial score (nSPS) is 20.5. The van der Waals surface area contributed by atoms with Crippen LogP contribution in [0, 0.1) is 5.41 Å². The monoisotopic (exact) mass is 279 g/mol. The fourth-order valence-corrected chi connectivity index (χ4v) is 2.59. The zero-order valence-electron chi connectivity index (χ0n) is 11.0. The second-order valence-electron chi connectivity index (χ2n) is 5.57. The minimum Gasteiger partial charge on any atom is -0.465 e. The number of halogens is 1. The number of pyridine rings is 1. The van der Waals surface area contributed by atoms with Crippen LogP contribution in [0.4, 0.5) is 0 Å². The number of nitrogens with zero attached hydrogens (tertiary/aromatic N) is 3. The molecule has 1 aliphatic rings. The van der Waals surface area contributed by atoms with E-state index >= 15 is 0 Å². The van der Waals surface area contributed by atoms with Gasteiger partial charge in [0.25, 0.3) is 0 Å². The highest BCUT2D eigenvalue weighted by molar-refractivity contribution is 6.33. The molecule has 1 saturated carbocycles. The predicted molar refractivity (Wildman–Crippen MR) is 70.5 cm³/mol. The Bertz CT molecular complexity index is 678. The third kappa shape index (κ3) is 1.89. The fraction of sp³-hybridized carbons (Fsp3) is 0.462. The van der Waals surface area contributed by atoms with Crippen molar-refractivity contribution in [3.8, 4) is 0 Å². The Kier molecular flexibility index (Phi) is 2.57. The van der Waals surface area contributed by atoms with Crippen LogP contribution in [0.2, 0.25) is 5.02 Å². The maximum Gasteiger partial charge on any atom is 0.339 e. The van der Waals surface area contributed by atoms with E-state index in [9.17, 15) is 4.79 Å². The van der Waals surface area contributed by atoms with Gasteiger partial charge in [0, 0.05) is 12.1 Å². The van der Waals surface area contributed by atoms with Crippen LogP contribution in [0.5, 0.6) is 0 Å². The highest BCUT2D eigenvalue weighted by Crippen LogP contribution is 2.58. The predicted octanol–water partition coefficient (Wildman–Crippen LogP) is 2.68. The van der Waals surface area contributed by atoms with Crippen molar-refractivity contribution >= 4 is 23.2 Å². The molecule has 1 atom stereocenters. The lowest BCUT2D eigenvalue weighted by Gasteiger charge is -2.05. The molecule has 100 valence electrons. The van der Waals surface area contributed by atoms with E-state index in [2.05, 4.69) is 24.0 Å². The largest absolute Gasteiger partial charge is 0.465 e. The Labute approximate surface area is 115 Å². The van der Waals surface area contributed by atoms with Gasteiger partial charge in [0.15, 0.2) is 5.65 Å². The summed E-state index contributed by atoms with van der Waals surface area (Å²) in [5.74, 6) is 0.789. The number of fused-ring (bicyclic) bond motifs is 1. The Balaban J connectivity index is 2.16. The summed E-state index contributed by atoms with van der Waals surface area (Å²) >= 11 is 6.14. The van der Waals surface area contributed by atoms with Crippen molar-refractivity contribution in [3.05, 3.63) is 28.7 Å². The van der Waals surface area contributed by atoms with Crippen LogP contribution in [0.25, 0.3) is 5.65 Å². The standard InChI is InChI=1S/C13H14ClN3O2/c1-13(2)5-8(13)10-15-16-11-9(14)4-7(6-17(10)11)12(18)19-3/h4,6,8H,5H2,1-3H3. The second-order valence-corrected chi connectivity index (χ2v) is 5.97. The van der Waals surface area contributed by atoms with E-state index in [0.717, 1.165) is 12.2 Å². The molecule has 6 heteroatoms. The molecule has 2 heterocycles. The van der Waals surface area contributed by atoms with Crippen molar-refractivity contribution in [3.63, 3.8) is 0 Å². The molecule has 0 saturated heterocycles. The van der Waals surface area contributed by atoms with Gasteiger partial charge < -0.3 is 4.74 Å². The maximum atomic E-state index is 11.6. The SMILES string of the molecule is COC(=O)c1cc(Cl)c2nnc(C3CC3(C)C)n2c1. The molecule has 0 spiro atoms.